The first-order chi connectivity index (χ1) is 17.8. The molecule has 4 aromatic rings. The molecule has 0 saturated carbocycles. The molecule has 0 unspecified atom stereocenters. The molecular formula is C25H21F5N4O4. The number of ether oxygens (including phenoxy) is 1. The first-order valence-electron chi connectivity index (χ1n) is 10.9. The van der Waals surface area contributed by atoms with E-state index in [2.05, 4.69) is 15.0 Å². The van der Waals surface area contributed by atoms with E-state index in [4.69, 9.17) is 15.6 Å². The molecule has 3 heterocycles. The van der Waals surface area contributed by atoms with E-state index in [1.165, 1.54) is 19.2 Å². The third-order valence-corrected chi connectivity index (χ3v) is 5.35. The van der Waals surface area contributed by atoms with Gasteiger partial charge in [0.25, 0.3) is 5.91 Å². The van der Waals surface area contributed by atoms with E-state index < -0.39 is 40.6 Å². The highest BCUT2D eigenvalue weighted by Crippen LogP contribution is 2.41. The van der Waals surface area contributed by atoms with Gasteiger partial charge in [0.15, 0.2) is 17.1 Å². The van der Waals surface area contributed by atoms with Gasteiger partial charge in [0, 0.05) is 30.6 Å². The predicted octanol–water partition coefficient (Wildman–Crippen LogP) is 4.79. The van der Waals surface area contributed by atoms with Crippen LogP contribution in [0.2, 0.25) is 0 Å². The van der Waals surface area contributed by atoms with Crippen molar-refractivity contribution in [3.8, 4) is 22.9 Å². The molecule has 0 aliphatic carbocycles. The molecule has 0 aliphatic heterocycles. The average Bonchev–Trinajstić information content (AvgIpc) is 2.83. The number of primary amides is 1. The summed E-state index contributed by atoms with van der Waals surface area (Å²) in [5, 5.41) is 7.42. The van der Waals surface area contributed by atoms with E-state index in [0.717, 1.165) is 25.1 Å². The monoisotopic (exact) mass is 536 g/mol. The first kappa shape index (κ1) is 28.2. The Kier molecular flexibility index (Phi) is 8.10. The number of rotatable bonds is 4. The molecule has 13 heteroatoms. The van der Waals surface area contributed by atoms with Gasteiger partial charge in [-0.25, -0.2) is 13.8 Å². The SMILES string of the molecule is CCO.Cc1c(Oc2ncc(C(F)(F)F)c(C)c2-c2cc(=O)c3c(C(N)=O)nccc3[nH]2)ccc(F)c1F. The van der Waals surface area contributed by atoms with Gasteiger partial charge in [0.05, 0.1) is 27.7 Å². The minimum atomic E-state index is -4.79. The first-order valence-corrected chi connectivity index (χ1v) is 10.9. The number of benzene rings is 1. The van der Waals surface area contributed by atoms with Crippen LogP contribution in [-0.4, -0.2) is 32.6 Å². The normalized spacial score (nSPS) is 11.2. The van der Waals surface area contributed by atoms with Crippen LogP contribution in [0.15, 0.2) is 41.5 Å². The molecule has 3 aromatic heterocycles. The lowest BCUT2D eigenvalue weighted by molar-refractivity contribution is -0.138. The van der Waals surface area contributed by atoms with Crippen molar-refractivity contribution in [2.75, 3.05) is 6.61 Å². The number of aliphatic hydroxyl groups is 1. The fraction of sp³-hybridized carbons (Fsp3) is 0.200. The predicted molar refractivity (Wildman–Crippen MR) is 128 cm³/mol. The minimum Gasteiger partial charge on any atom is -0.438 e. The van der Waals surface area contributed by atoms with Crippen LogP contribution in [0.5, 0.6) is 11.6 Å². The molecule has 0 spiro atoms. The molecule has 4 rings (SSSR count). The number of H-pyrrole nitrogens is 1. The highest BCUT2D eigenvalue weighted by atomic mass is 19.4. The summed E-state index contributed by atoms with van der Waals surface area (Å²) < 4.78 is 74.1. The number of halogens is 5. The Hall–Kier alpha value is -4.39. The highest BCUT2D eigenvalue weighted by molar-refractivity contribution is 6.03. The lowest BCUT2D eigenvalue weighted by Gasteiger charge is -2.18. The van der Waals surface area contributed by atoms with Crippen LogP contribution in [0.4, 0.5) is 22.0 Å². The number of hydrogen-bond acceptors (Lipinski definition) is 6. The van der Waals surface area contributed by atoms with Crippen LogP contribution in [0.25, 0.3) is 22.2 Å². The molecule has 0 atom stereocenters. The lowest BCUT2D eigenvalue weighted by Crippen LogP contribution is -2.18. The number of nitrogens with zero attached hydrogens (tertiary/aromatic N) is 2. The number of aliphatic hydroxyl groups excluding tert-OH is 1. The summed E-state index contributed by atoms with van der Waals surface area (Å²) in [6, 6.07) is 4.18. The Bertz CT molecular complexity index is 1590. The van der Waals surface area contributed by atoms with Crippen LogP contribution >= 0.6 is 0 Å². The van der Waals surface area contributed by atoms with Crippen molar-refractivity contribution in [1.29, 1.82) is 0 Å². The van der Waals surface area contributed by atoms with Gasteiger partial charge in [0.2, 0.25) is 5.88 Å². The molecule has 200 valence electrons. The quantitative estimate of drug-likeness (QED) is 0.322. The summed E-state index contributed by atoms with van der Waals surface area (Å²) in [6.07, 6.45) is -3.05. The number of nitrogens with two attached hydrogens (primary N) is 1. The molecule has 38 heavy (non-hydrogen) atoms. The van der Waals surface area contributed by atoms with E-state index in [1.807, 2.05) is 0 Å². The minimum absolute atomic E-state index is 0.0723. The van der Waals surface area contributed by atoms with Crippen LogP contribution in [0, 0.1) is 25.5 Å². The third-order valence-electron chi connectivity index (χ3n) is 5.35. The molecule has 4 N–H and O–H groups in total. The van der Waals surface area contributed by atoms with Crippen molar-refractivity contribution in [2.45, 2.75) is 26.9 Å². The molecule has 0 saturated heterocycles. The van der Waals surface area contributed by atoms with Gasteiger partial charge >= 0.3 is 6.18 Å². The number of alkyl halides is 3. The Morgan fingerprint density at radius 1 is 1.13 bits per heavy atom. The second-order valence-corrected chi connectivity index (χ2v) is 7.87. The second-order valence-electron chi connectivity index (χ2n) is 7.87. The number of pyridine rings is 3. The van der Waals surface area contributed by atoms with Crippen molar-refractivity contribution >= 4 is 16.8 Å². The number of amides is 1. The van der Waals surface area contributed by atoms with Crippen molar-refractivity contribution in [2.24, 2.45) is 5.73 Å². The standard InChI is InChI=1S/C23H15F5N4O3.C2H6O/c1-9-11(23(26,27)28)8-31-22(35-16-4-3-12(24)19(25)10(16)2)17(9)14-7-15(33)18-13(32-14)5-6-30-20(18)21(29)34;1-2-3/h3-8H,1-2H3,(H2,29,34)(H,32,33);3H,2H2,1H3. The summed E-state index contributed by atoms with van der Waals surface area (Å²) in [5.41, 5.74) is 2.22. The molecular weight excluding hydrogens is 515 g/mol. The number of aromatic nitrogens is 3. The number of carbonyl (C=O) groups excluding carboxylic acids is 1. The number of carbonyl (C=O) groups is 1. The molecule has 0 aliphatic rings. The molecule has 1 aromatic carbocycles. The summed E-state index contributed by atoms with van der Waals surface area (Å²) >= 11 is 0. The zero-order chi connectivity index (χ0) is 28.4. The maximum absolute atomic E-state index is 14.0. The zero-order valence-corrected chi connectivity index (χ0v) is 20.2. The highest BCUT2D eigenvalue weighted by Gasteiger charge is 2.35. The summed E-state index contributed by atoms with van der Waals surface area (Å²) in [7, 11) is 0. The van der Waals surface area contributed by atoms with Crippen molar-refractivity contribution in [3.05, 3.63) is 80.9 Å². The van der Waals surface area contributed by atoms with E-state index >= 15 is 0 Å². The summed E-state index contributed by atoms with van der Waals surface area (Å²) in [6.45, 7) is 4.30. The second kappa shape index (κ2) is 10.9. The van der Waals surface area contributed by atoms with E-state index in [9.17, 15) is 31.5 Å². The summed E-state index contributed by atoms with van der Waals surface area (Å²) in [5.74, 6) is -3.89. The van der Waals surface area contributed by atoms with Crippen molar-refractivity contribution in [3.63, 3.8) is 0 Å². The van der Waals surface area contributed by atoms with Crippen LogP contribution in [0.1, 0.15) is 34.1 Å². The topological polar surface area (TPSA) is 131 Å². The Labute approximate surface area is 211 Å². The molecule has 0 bridgehead atoms. The fourth-order valence-corrected chi connectivity index (χ4v) is 3.63. The van der Waals surface area contributed by atoms with Gasteiger partial charge in [-0.2, -0.15) is 13.2 Å². The van der Waals surface area contributed by atoms with Crippen LogP contribution in [-0.2, 0) is 6.18 Å². The third kappa shape index (κ3) is 5.47. The van der Waals surface area contributed by atoms with Crippen molar-refractivity contribution in [1.82, 2.24) is 15.0 Å². The zero-order valence-electron chi connectivity index (χ0n) is 20.2. The van der Waals surface area contributed by atoms with Gasteiger partial charge in [-0.15, -0.1) is 0 Å². The number of hydrogen-bond donors (Lipinski definition) is 3. The largest absolute Gasteiger partial charge is 0.438 e. The lowest BCUT2D eigenvalue weighted by atomic mass is 10.0. The Morgan fingerprint density at radius 2 is 1.79 bits per heavy atom. The van der Waals surface area contributed by atoms with Crippen LogP contribution < -0.4 is 15.9 Å². The van der Waals surface area contributed by atoms with Gasteiger partial charge < -0.3 is 20.6 Å². The smallest absolute Gasteiger partial charge is 0.418 e. The molecule has 0 radical (unpaired) electrons. The van der Waals surface area contributed by atoms with E-state index in [0.29, 0.717) is 6.20 Å². The molecule has 1 amide bonds. The molecule has 8 nitrogen and oxygen atoms in total. The van der Waals surface area contributed by atoms with Gasteiger partial charge in [-0.05, 0) is 44.5 Å². The average molecular weight is 536 g/mol. The van der Waals surface area contributed by atoms with Crippen LogP contribution in [0.3, 0.4) is 0 Å². The number of aromatic amines is 1. The Morgan fingerprint density at radius 3 is 2.39 bits per heavy atom. The van der Waals surface area contributed by atoms with Gasteiger partial charge in [0.1, 0.15) is 11.4 Å². The van der Waals surface area contributed by atoms with E-state index in [-0.39, 0.29) is 51.3 Å². The fourth-order valence-electron chi connectivity index (χ4n) is 3.63. The van der Waals surface area contributed by atoms with Crippen molar-refractivity contribution < 1.29 is 36.6 Å². The maximum Gasteiger partial charge on any atom is 0.418 e. The summed E-state index contributed by atoms with van der Waals surface area (Å²) in [4.78, 5) is 34.9. The maximum atomic E-state index is 14.0. The number of fused-ring (bicyclic) bond motifs is 1. The number of nitrogens with one attached hydrogen (secondary N) is 1. The van der Waals surface area contributed by atoms with Gasteiger partial charge in [-0.3, -0.25) is 14.6 Å². The Balaban J connectivity index is 0.00000127. The van der Waals surface area contributed by atoms with Gasteiger partial charge in [-0.1, -0.05) is 0 Å². The van der Waals surface area contributed by atoms with E-state index in [1.54, 1.807) is 6.92 Å². The molecule has 0 fully saturated rings.